The number of halogens is 1. The minimum atomic E-state index is 0.811. The number of nitrogens with zero attached hydrogens (tertiary/aromatic N) is 1. The third-order valence-electron chi connectivity index (χ3n) is 1.58. The van der Waals surface area contributed by atoms with E-state index in [1.165, 1.54) is 0 Å². The molecule has 1 aromatic heterocycles. The molecule has 0 fully saturated rings. The van der Waals surface area contributed by atoms with Crippen molar-refractivity contribution in [2.45, 2.75) is 0 Å². The standard InChI is InChI=1S/C11H6BrNS/c12-11-13-10(8-14-11)7-6-9-4-2-1-3-5-9/h1-5,8H. The van der Waals surface area contributed by atoms with Crippen LogP contribution < -0.4 is 0 Å². The minimum absolute atomic E-state index is 0.811. The van der Waals surface area contributed by atoms with Crippen molar-refractivity contribution < 1.29 is 0 Å². The van der Waals surface area contributed by atoms with Crippen molar-refractivity contribution in [2.75, 3.05) is 0 Å². The van der Waals surface area contributed by atoms with Crippen molar-refractivity contribution in [3.8, 4) is 11.8 Å². The summed E-state index contributed by atoms with van der Waals surface area (Å²) < 4.78 is 0.870. The highest BCUT2D eigenvalue weighted by Crippen LogP contribution is 2.14. The molecule has 0 N–H and O–H groups in total. The van der Waals surface area contributed by atoms with Gasteiger partial charge in [0.1, 0.15) is 5.69 Å². The molecule has 2 aromatic rings. The van der Waals surface area contributed by atoms with E-state index in [2.05, 4.69) is 32.8 Å². The van der Waals surface area contributed by atoms with Crippen molar-refractivity contribution in [3.63, 3.8) is 0 Å². The highest BCUT2D eigenvalue weighted by atomic mass is 79.9. The first kappa shape index (κ1) is 9.45. The van der Waals surface area contributed by atoms with Gasteiger partial charge in [0.15, 0.2) is 3.92 Å². The lowest BCUT2D eigenvalue weighted by atomic mass is 10.2. The van der Waals surface area contributed by atoms with Crippen LogP contribution in [0.2, 0.25) is 0 Å². The summed E-state index contributed by atoms with van der Waals surface area (Å²) >= 11 is 4.84. The van der Waals surface area contributed by atoms with Gasteiger partial charge in [-0.15, -0.1) is 11.3 Å². The number of thiazole rings is 1. The van der Waals surface area contributed by atoms with E-state index in [0.717, 1.165) is 15.2 Å². The molecule has 2 rings (SSSR count). The highest BCUT2D eigenvalue weighted by molar-refractivity contribution is 9.11. The first-order valence-electron chi connectivity index (χ1n) is 4.03. The number of hydrogen-bond acceptors (Lipinski definition) is 2. The number of rotatable bonds is 0. The Bertz CT molecular complexity index is 479. The van der Waals surface area contributed by atoms with Gasteiger partial charge in [0.05, 0.1) is 0 Å². The highest BCUT2D eigenvalue weighted by Gasteiger charge is 1.93. The van der Waals surface area contributed by atoms with Gasteiger partial charge in [0.2, 0.25) is 0 Å². The third kappa shape index (κ3) is 2.44. The van der Waals surface area contributed by atoms with E-state index < -0.39 is 0 Å². The van der Waals surface area contributed by atoms with Crippen molar-refractivity contribution in [1.82, 2.24) is 4.98 Å². The molecule has 0 bridgehead atoms. The van der Waals surface area contributed by atoms with Crippen LogP contribution in [0.15, 0.2) is 39.6 Å². The Morgan fingerprint density at radius 2 is 1.93 bits per heavy atom. The van der Waals surface area contributed by atoms with Crippen LogP contribution in [-0.2, 0) is 0 Å². The zero-order valence-corrected chi connectivity index (χ0v) is 9.60. The maximum Gasteiger partial charge on any atom is 0.160 e. The van der Waals surface area contributed by atoms with Gasteiger partial charge in [-0.1, -0.05) is 24.1 Å². The van der Waals surface area contributed by atoms with Crippen LogP contribution >= 0.6 is 27.3 Å². The van der Waals surface area contributed by atoms with E-state index in [4.69, 9.17) is 0 Å². The lowest BCUT2D eigenvalue weighted by Gasteiger charge is -1.84. The molecule has 0 spiro atoms. The average Bonchev–Trinajstić information content (AvgIpc) is 2.63. The van der Waals surface area contributed by atoms with Gasteiger partial charge < -0.3 is 0 Å². The van der Waals surface area contributed by atoms with Crippen LogP contribution in [-0.4, -0.2) is 4.98 Å². The Hall–Kier alpha value is -1.11. The first-order chi connectivity index (χ1) is 6.84. The molecule has 1 nitrogen and oxygen atoms in total. The molecule has 3 heteroatoms. The summed E-state index contributed by atoms with van der Waals surface area (Å²) in [5.74, 6) is 6.05. The molecule has 68 valence electrons. The van der Waals surface area contributed by atoms with Gasteiger partial charge in [-0.05, 0) is 34.0 Å². The van der Waals surface area contributed by atoms with Crippen LogP contribution in [0.3, 0.4) is 0 Å². The van der Waals surface area contributed by atoms with E-state index >= 15 is 0 Å². The molecule has 0 atom stereocenters. The second-order valence-corrected chi connectivity index (χ2v) is 4.74. The van der Waals surface area contributed by atoms with Gasteiger partial charge in [-0.2, -0.15) is 0 Å². The van der Waals surface area contributed by atoms with Gasteiger partial charge >= 0.3 is 0 Å². The number of hydrogen-bond donors (Lipinski definition) is 0. The number of benzene rings is 1. The van der Waals surface area contributed by atoms with Crippen LogP contribution in [0.25, 0.3) is 0 Å². The summed E-state index contributed by atoms with van der Waals surface area (Å²) in [5, 5.41) is 1.93. The summed E-state index contributed by atoms with van der Waals surface area (Å²) in [6.07, 6.45) is 0. The van der Waals surface area contributed by atoms with Gasteiger partial charge in [0.25, 0.3) is 0 Å². The first-order valence-corrected chi connectivity index (χ1v) is 5.70. The smallest absolute Gasteiger partial charge is 0.160 e. The Balaban J connectivity index is 2.23. The molecule has 0 aliphatic rings. The summed E-state index contributed by atoms with van der Waals surface area (Å²) in [5.41, 5.74) is 1.82. The van der Waals surface area contributed by atoms with Crippen molar-refractivity contribution in [1.29, 1.82) is 0 Å². The van der Waals surface area contributed by atoms with E-state index in [9.17, 15) is 0 Å². The Morgan fingerprint density at radius 1 is 1.14 bits per heavy atom. The second kappa shape index (κ2) is 4.41. The SMILES string of the molecule is Brc1nc(C#Cc2ccccc2)cs1. The molecule has 14 heavy (non-hydrogen) atoms. The molecule has 0 unspecified atom stereocenters. The quantitative estimate of drug-likeness (QED) is 0.665. The summed E-state index contributed by atoms with van der Waals surface area (Å²) in [6, 6.07) is 9.88. The predicted molar refractivity (Wildman–Crippen MR) is 62.2 cm³/mol. The third-order valence-corrected chi connectivity index (χ3v) is 2.95. The molecule has 0 saturated heterocycles. The molecule has 1 heterocycles. The van der Waals surface area contributed by atoms with Crippen LogP contribution in [0.4, 0.5) is 0 Å². The lowest BCUT2D eigenvalue weighted by Crippen LogP contribution is -1.74. The Kier molecular flexibility index (Phi) is 2.97. The Labute approximate surface area is 94.9 Å². The zero-order chi connectivity index (χ0) is 9.80. The lowest BCUT2D eigenvalue weighted by molar-refractivity contribution is 1.34. The van der Waals surface area contributed by atoms with Crippen molar-refractivity contribution in [3.05, 3.63) is 50.9 Å². The van der Waals surface area contributed by atoms with Gasteiger partial charge in [0, 0.05) is 10.9 Å². The zero-order valence-electron chi connectivity index (χ0n) is 7.20. The molecule has 0 amide bonds. The number of aromatic nitrogens is 1. The summed E-state index contributed by atoms with van der Waals surface area (Å²) in [6.45, 7) is 0. The Morgan fingerprint density at radius 3 is 2.57 bits per heavy atom. The largest absolute Gasteiger partial charge is 0.221 e. The maximum atomic E-state index is 4.19. The summed E-state index contributed by atoms with van der Waals surface area (Å²) in [4.78, 5) is 4.19. The van der Waals surface area contributed by atoms with Gasteiger partial charge in [-0.3, -0.25) is 0 Å². The molecule has 1 aromatic carbocycles. The second-order valence-electron chi connectivity index (χ2n) is 2.60. The molecular weight excluding hydrogens is 258 g/mol. The maximum absolute atomic E-state index is 4.19. The van der Waals surface area contributed by atoms with Crippen molar-refractivity contribution in [2.24, 2.45) is 0 Å². The topological polar surface area (TPSA) is 12.9 Å². The molecule has 0 radical (unpaired) electrons. The van der Waals surface area contributed by atoms with E-state index in [1.54, 1.807) is 11.3 Å². The predicted octanol–water partition coefficient (Wildman–Crippen LogP) is 3.31. The minimum Gasteiger partial charge on any atom is -0.221 e. The van der Waals surface area contributed by atoms with Gasteiger partial charge in [-0.25, -0.2) is 4.98 Å². The van der Waals surface area contributed by atoms with E-state index in [-0.39, 0.29) is 0 Å². The van der Waals surface area contributed by atoms with Crippen LogP contribution in [0.5, 0.6) is 0 Å². The molecule has 0 saturated carbocycles. The molecule has 0 aliphatic carbocycles. The van der Waals surface area contributed by atoms with Crippen LogP contribution in [0, 0.1) is 11.8 Å². The van der Waals surface area contributed by atoms with E-state index in [1.807, 2.05) is 35.7 Å². The fourth-order valence-corrected chi connectivity index (χ4v) is 1.91. The monoisotopic (exact) mass is 263 g/mol. The average molecular weight is 264 g/mol. The van der Waals surface area contributed by atoms with E-state index in [0.29, 0.717) is 0 Å². The fraction of sp³-hybridized carbons (Fsp3) is 0. The molecular formula is C11H6BrNS. The summed E-state index contributed by atoms with van der Waals surface area (Å²) in [7, 11) is 0. The normalized spacial score (nSPS) is 9.21. The fourth-order valence-electron chi connectivity index (χ4n) is 0.967. The van der Waals surface area contributed by atoms with Crippen molar-refractivity contribution >= 4 is 27.3 Å². The van der Waals surface area contributed by atoms with Crippen LogP contribution in [0.1, 0.15) is 11.3 Å². The molecule has 0 aliphatic heterocycles.